The van der Waals surface area contributed by atoms with Gasteiger partial charge in [-0.2, -0.15) is 0 Å². The molecule has 5 heteroatoms. The van der Waals surface area contributed by atoms with E-state index in [9.17, 15) is 4.79 Å². The molecule has 3 aromatic carbocycles. The molecule has 0 saturated carbocycles. The number of hydrogen-bond acceptors (Lipinski definition) is 3. The summed E-state index contributed by atoms with van der Waals surface area (Å²) in [6.07, 6.45) is 0. The number of methoxy groups -OCH3 is 1. The Bertz CT molecular complexity index is 868. The van der Waals surface area contributed by atoms with E-state index >= 15 is 0 Å². The van der Waals surface area contributed by atoms with Crippen LogP contribution in [0.4, 0.5) is 4.79 Å². The van der Waals surface area contributed by atoms with Crippen molar-refractivity contribution in [1.29, 1.82) is 0 Å². The van der Waals surface area contributed by atoms with Gasteiger partial charge in [-0.15, -0.1) is 11.8 Å². The van der Waals surface area contributed by atoms with Gasteiger partial charge in [-0.05, 0) is 46.7 Å². The van der Waals surface area contributed by atoms with Crippen molar-refractivity contribution in [3.8, 4) is 5.75 Å². The maximum atomic E-state index is 11.9. The van der Waals surface area contributed by atoms with Crippen LogP contribution in [0.5, 0.6) is 5.75 Å². The van der Waals surface area contributed by atoms with Crippen LogP contribution in [0, 0.1) is 0 Å². The Labute approximate surface area is 157 Å². The molecule has 0 aromatic heterocycles. The number of ether oxygens (including phenoxy) is 1. The van der Waals surface area contributed by atoms with Gasteiger partial charge in [0.1, 0.15) is 5.75 Å². The zero-order chi connectivity index (χ0) is 18.2. The van der Waals surface area contributed by atoms with E-state index < -0.39 is 0 Å². The predicted molar refractivity (Wildman–Crippen MR) is 108 cm³/mol. The van der Waals surface area contributed by atoms with Crippen molar-refractivity contribution < 1.29 is 9.53 Å². The molecule has 0 saturated heterocycles. The molecule has 2 amide bonds. The summed E-state index contributed by atoms with van der Waals surface area (Å²) in [5, 5.41) is 8.04. The lowest BCUT2D eigenvalue weighted by Crippen LogP contribution is -2.36. The fourth-order valence-electron chi connectivity index (χ4n) is 2.61. The average molecular weight is 366 g/mol. The van der Waals surface area contributed by atoms with E-state index in [2.05, 4.69) is 28.8 Å². The number of carbonyl (C=O) groups is 1. The van der Waals surface area contributed by atoms with Gasteiger partial charge in [-0.1, -0.05) is 36.4 Å². The predicted octanol–water partition coefficient (Wildman–Crippen LogP) is 4.44. The lowest BCUT2D eigenvalue weighted by molar-refractivity contribution is 0.241. The quantitative estimate of drug-likeness (QED) is 0.480. The molecular weight excluding hydrogens is 344 g/mol. The Balaban J connectivity index is 1.43. The molecule has 2 N–H and O–H groups in total. The molecule has 0 fully saturated rings. The molecule has 0 heterocycles. The molecule has 3 aromatic rings. The van der Waals surface area contributed by atoms with Crippen LogP contribution in [0.3, 0.4) is 0 Å². The smallest absolute Gasteiger partial charge is 0.315 e. The third-order valence-electron chi connectivity index (χ3n) is 3.96. The maximum absolute atomic E-state index is 11.9. The normalized spacial score (nSPS) is 10.5. The van der Waals surface area contributed by atoms with Crippen molar-refractivity contribution in [1.82, 2.24) is 10.6 Å². The van der Waals surface area contributed by atoms with Gasteiger partial charge in [0.05, 0.1) is 7.11 Å². The van der Waals surface area contributed by atoms with E-state index in [1.807, 2.05) is 48.5 Å². The Morgan fingerprint density at radius 1 is 0.962 bits per heavy atom. The molecule has 3 rings (SSSR count). The minimum Gasteiger partial charge on any atom is -0.497 e. The summed E-state index contributed by atoms with van der Waals surface area (Å²) in [5.74, 6) is 1.69. The fraction of sp³-hybridized carbons (Fsp3) is 0.190. The minimum atomic E-state index is -0.145. The highest BCUT2D eigenvalue weighted by atomic mass is 32.2. The van der Waals surface area contributed by atoms with Gasteiger partial charge >= 0.3 is 6.03 Å². The van der Waals surface area contributed by atoms with Gasteiger partial charge in [0, 0.05) is 23.7 Å². The number of benzene rings is 3. The molecule has 134 valence electrons. The lowest BCUT2D eigenvalue weighted by atomic mass is 10.1. The van der Waals surface area contributed by atoms with Crippen LogP contribution in [0.2, 0.25) is 0 Å². The minimum absolute atomic E-state index is 0.145. The van der Waals surface area contributed by atoms with Crippen molar-refractivity contribution in [2.24, 2.45) is 0 Å². The number of rotatable bonds is 7. The second-order valence-corrected chi connectivity index (χ2v) is 6.99. The number of hydrogen-bond donors (Lipinski definition) is 2. The molecular formula is C21H22N2O2S. The second kappa shape index (κ2) is 9.15. The zero-order valence-electron chi connectivity index (χ0n) is 14.7. The molecule has 0 unspecified atom stereocenters. The SMILES string of the molecule is COc1ccc2cc(CNC(=O)NCCSc3ccccc3)ccc2c1. The average Bonchev–Trinajstić information content (AvgIpc) is 2.70. The van der Waals surface area contributed by atoms with Crippen LogP contribution in [-0.4, -0.2) is 25.4 Å². The van der Waals surface area contributed by atoms with Crippen LogP contribution in [0.15, 0.2) is 71.6 Å². The van der Waals surface area contributed by atoms with Crippen molar-refractivity contribution in [2.75, 3.05) is 19.4 Å². The number of carbonyl (C=O) groups excluding carboxylic acids is 1. The molecule has 0 radical (unpaired) electrons. The standard InChI is InChI=1S/C21H22N2O2S/c1-25-19-10-9-17-13-16(7-8-18(17)14-19)15-23-21(24)22-11-12-26-20-5-3-2-4-6-20/h2-10,13-14H,11-12,15H2,1H3,(H2,22,23,24). The summed E-state index contributed by atoms with van der Waals surface area (Å²) < 4.78 is 5.24. The van der Waals surface area contributed by atoms with Gasteiger partial charge in [-0.25, -0.2) is 4.79 Å². The summed E-state index contributed by atoms with van der Waals surface area (Å²) in [4.78, 5) is 13.1. The summed E-state index contributed by atoms with van der Waals surface area (Å²) >= 11 is 1.73. The zero-order valence-corrected chi connectivity index (χ0v) is 15.5. The van der Waals surface area contributed by atoms with Gasteiger partial charge in [0.25, 0.3) is 0 Å². The number of thioether (sulfide) groups is 1. The Hall–Kier alpha value is -2.66. The Morgan fingerprint density at radius 2 is 1.73 bits per heavy atom. The number of amides is 2. The second-order valence-electron chi connectivity index (χ2n) is 5.82. The van der Waals surface area contributed by atoms with Crippen molar-refractivity contribution >= 4 is 28.6 Å². The van der Waals surface area contributed by atoms with Crippen LogP contribution in [0.25, 0.3) is 10.8 Å². The Morgan fingerprint density at radius 3 is 2.54 bits per heavy atom. The molecule has 26 heavy (non-hydrogen) atoms. The molecule has 0 atom stereocenters. The van der Waals surface area contributed by atoms with E-state index in [1.165, 1.54) is 4.90 Å². The first-order chi connectivity index (χ1) is 12.7. The van der Waals surface area contributed by atoms with E-state index in [-0.39, 0.29) is 6.03 Å². The monoisotopic (exact) mass is 366 g/mol. The van der Waals surface area contributed by atoms with E-state index in [0.717, 1.165) is 27.8 Å². The summed E-state index contributed by atoms with van der Waals surface area (Å²) in [5.41, 5.74) is 1.07. The molecule has 0 aliphatic carbocycles. The molecule has 0 spiro atoms. The maximum Gasteiger partial charge on any atom is 0.315 e. The van der Waals surface area contributed by atoms with E-state index in [4.69, 9.17) is 4.74 Å². The highest BCUT2D eigenvalue weighted by molar-refractivity contribution is 7.99. The lowest BCUT2D eigenvalue weighted by Gasteiger charge is -2.09. The van der Waals surface area contributed by atoms with Gasteiger partial charge in [0.2, 0.25) is 0 Å². The van der Waals surface area contributed by atoms with Crippen LogP contribution >= 0.6 is 11.8 Å². The molecule has 4 nitrogen and oxygen atoms in total. The van der Waals surface area contributed by atoms with Crippen molar-refractivity contribution in [3.63, 3.8) is 0 Å². The van der Waals surface area contributed by atoms with E-state index in [1.54, 1.807) is 18.9 Å². The first-order valence-corrected chi connectivity index (χ1v) is 9.49. The van der Waals surface area contributed by atoms with E-state index in [0.29, 0.717) is 13.1 Å². The third-order valence-corrected chi connectivity index (χ3v) is 4.98. The number of fused-ring (bicyclic) bond motifs is 1. The topological polar surface area (TPSA) is 50.4 Å². The first-order valence-electron chi connectivity index (χ1n) is 8.51. The highest BCUT2D eigenvalue weighted by Crippen LogP contribution is 2.21. The largest absolute Gasteiger partial charge is 0.497 e. The van der Waals surface area contributed by atoms with Crippen LogP contribution < -0.4 is 15.4 Å². The van der Waals surface area contributed by atoms with Crippen molar-refractivity contribution in [3.05, 3.63) is 72.3 Å². The summed E-state index contributed by atoms with van der Waals surface area (Å²) in [6, 6.07) is 22.1. The summed E-state index contributed by atoms with van der Waals surface area (Å²) in [6.45, 7) is 1.13. The highest BCUT2D eigenvalue weighted by Gasteiger charge is 2.02. The number of urea groups is 1. The number of nitrogens with one attached hydrogen (secondary N) is 2. The fourth-order valence-corrected chi connectivity index (χ4v) is 3.39. The molecule has 0 aliphatic heterocycles. The van der Waals surface area contributed by atoms with Gasteiger partial charge < -0.3 is 15.4 Å². The summed E-state index contributed by atoms with van der Waals surface area (Å²) in [7, 11) is 1.66. The van der Waals surface area contributed by atoms with Gasteiger partial charge in [-0.3, -0.25) is 0 Å². The molecule has 0 bridgehead atoms. The van der Waals surface area contributed by atoms with Crippen LogP contribution in [-0.2, 0) is 6.54 Å². The Kier molecular flexibility index (Phi) is 6.39. The van der Waals surface area contributed by atoms with Gasteiger partial charge in [0.15, 0.2) is 0 Å². The first kappa shape index (κ1) is 18.1. The third kappa shape index (κ3) is 5.17. The van der Waals surface area contributed by atoms with Crippen molar-refractivity contribution in [2.45, 2.75) is 11.4 Å². The molecule has 0 aliphatic rings. The van der Waals surface area contributed by atoms with Crippen LogP contribution in [0.1, 0.15) is 5.56 Å².